The average molecular weight is 256 g/mol. The Balaban J connectivity index is 2.60. The van der Waals surface area contributed by atoms with Gasteiger partial charge < -0.3 is 10.1 Å². The molecule has 0 heterocycles. The maximum atomic E-state index is 11.7. The van der Waals surface area contributed by atoms with Crippen molar-refractivity contribution in [1.82, 2.24) is 5.32 Å². The van der Waals surface area contributed by atoms with E-state index in [2.05, 4.69) is 5.32 Å². The van der Waals surface area contributed by atoms with Gasteiger partial charge in [-0.2, -0.15) is 0 Å². The van der Waals surface area contributed by atoms with Gasteiger partial charge in [0.05, 0.1) is 7.11 Å². The molecule has 0 saturated heterocycles. The molecule has 0 spiro atoms. The van der Waals surface area contributed by atoms with Crippen LogP contribution in [-0.2, 0) is 11.2 Å². The minimum absolute atomic E-state index is 0.209. The molecular weight excluding hydrogens is 238 g/mol. The molecule has 1 aromatic carbocycles. The van der Waals surface area contributed by atoms with Crippen molar-refractivity contribution in [2.45, 2.75) is 19.3 Å². The van der Waals surface area contributed by atoms with E-state index in [0.717, 1.165) is 24.3 Å². The van der Waals surface area contributed by atoms with Crippen LogP contribution in [0.3, 0.4) is 0 Å². The highest BCUT2D eigenvalue weighted by atomic mass is 35.5. The lowest BCUT2D eigenvalue weighted by Crippen LogP contribution is -2.11. The first-order valence-corrected chi connectivity index (χ1v) is 6.04. The lowest BCUT2D eigenvalue weighted by Gasteiger charge is -2.08. The molecule has 1 rings (SSSR count). The van der Waals surface area contributed by atoms with E-state index in [1.165, 1.54) is 0 Å². The number of rotatable bonds is 7. The van der Waals surface area contributed by atoms with Crippen LogP contribution in [0.15, 0.2) is 18.2 Å². The van der Waals surface area contributed by atoms with Crippen LogP contribution >= 0.6 is 11.6 Å². The Kier molecular flexibility index (Phi) is 6.01. The standard InChI is InChI=1S/C13H18ClNO2/c1-15-7-3-4-12(16)9-10-8-11(14)5-6-13(10)17-2/h5-6,8,15H,3-4,7,9H2,1-2H3. The molecule has 0 bridgehead atoms. The average Bonchev–Trinajstić information content (AvgIpc) is 2.29. The fraction of sp³-hybridized carbons (Fsp3) is 0.462. The van der Waals surface area contributed by atoms with Crippen molar-refractivity contribution in [2.24, 2.45) is 0 Å². The Hall–Kier alpha value is -1.06. The number of ether oxygens (including phenoxy) is 1. The number of ketones is 1. The van der Waals surface area contributed by atoms with Crippen LogP contribution in [0.25, 0.3) is 0 Å². The number of hydrogen-bond acceptors (Lipinski definition) is 3. The van der Waals surface area contributed by atoms with Gasteiger partial charge >= 0.3 is 0 Å². The van der Waals surface area contributed by atoms with Gasteiger partial charge in [0.2, 0.25) is 0 Å². The largest absolute Gasteiger partial charge is 0.496 e. The normalized spacial score (nSPS) is 10.3. The van der Waals surface area contributed by atoms with E-state index in [-0.39, 0.29) is 5.78 Å². The van der Waals surface area contributed by atoms with E-state index >= 15 is 0 Å². The molecule has 0 aromatic heterocycles. The van der Waals surface area contributed by atoms with Crippen LogP contribution < -0.4 is 10.1 Å². The lowest BCUT2D eigenvalue weighted by molar-refractivity contribution is -0.118. The molecule has 0 aliphatic rings. The fourth-order valence-corrected chi connectivity index (χ4v) is 1.84. The van der Waals surface area contributed by atoms with Crippen molar-refractivity contribution in [1.29, 1.82) is 0 Å². The molecule has 3 nitrogen and oxygen atoms in total. The molecule has 0 amide bonds. The zero-order valence-corrected chi connectivity index (χ0v) is 11.0. The van der Waals surface area contributed by atoms with Crippen molar-refractivity contribution >= 4 is 17.4 Å². The van der Waals surface area contributed by atoms with Crippen molar-refractivity contribution in [3.05, 3.63) is 28.8 Å². The third kappa shape index (κ3) is 4.75. The molecule has 1 aromatic rings. The first-order chi connectivity index (χ1) is 8.17. The Morgan fingerprint density at radius 3 is 2.88 bits per heavy atom. The molecule has 0 fully saturated rings. The summed E-state index contributed by atoms with van der Waals surface area (Å²) in [6.45, 7) is 0.860. The van der Waals surface area contributed by atoms with Crippen LogP contribution in [0.4, 0.5) is 0 Å². The smallest absolute Gasteiger partial charge is 0.137 e. The Morgan fingerprint density at radius 1 is 1.47 bits per heavy atom. The molecule has 0 radical (unpaired) electrons. The van der Waals surface area contributed by atoms with Gasteiger partial charge in [0.15, 0.2) is 0 Å². The van der Waals surface area contributed by atoms with Gasteiger partial charge in [0.1, 0.15) is 11.5 Å². The van der Waals surface area contributed by atoms with E-state index in [9.17, 15) is 4.79 Å². The Labute approximate surface area is 107 Å². The van der Waals surface area contributed by atoms with Crippen molar-refractivity contribution < 1.29 is 9.53 Å². The molecule has 1 N–H and O–H groups in total. The number of nitrogens with one attached hydrogen (secondary N) is 1. The molecule has 0 saturated carbocycles. The summed E-state index contributed by atoms with van der Waals surface area (Å²) in [5.74, 6) is 0.928. The summed E-state index contributed by atoms with van der Waals surface area (Å²) in [6.07, 6.45) is 1.82. The number of benzene rings is 1. The molecule has 17 heavy (non-hydrogen) atoms. The van der Waals surface area contributed by atoms with E-state index < -0.39 is 0 Å². The zero-order valence-electron chi connectivity index (χ0n) is 10.3. The second kappa shape index (κ2) is 7.30. The van der Waals surface area contributed by atoms with Crippen LogP contribution in [0, 0.1) is 0 Å². The maximum Gasteiger partial charge on any atom is 0.137 e. The zero-order chi connectivity index (χ0) is 12.7. The summed E-state index contributed by atoms with van der Waals surface area (Å²) in [7, 11) is 3.47. The lowest BCUT2D eigenvalue weighted by atomic mass is 10.0. The Morgan fingerprint density at radius 2 is 2.24 bits per heavy atom. The summed E-state index contributed by atoms with van der Waals surface area (Å²) in [4.78, 5) is 11.7. The van der Waals surface area contributed by atoms with E-state index in [4.69, 9.17) is 16.3 Å². The number of Topliss-reactive ketones (excluding diaryl/α,β-unsaturated/α-hetero) is 1. The third-order valence-corrected chi connectivity index (χ3v) is 2.75. The number of carbonyl (C=O) groups excluding carboxylic acids is 1. The predicted octanol–water partition coefficient (Wildman–Crippen LogP) is 2.46. The quantitative estimate of drug-likeness (QED) is 0.761. The second-order valence-electron chi connectivity index (χ2n) is 3.88. The van der Waals surface area contributed by atoms with E-state index in [1.807, 2.05) is 7.05 Å². The summed E-state index contributed by atoms with van der Waals surface area (Å²) >= 11 is 5.91. The van der Waals surface area contributed by atoms with Gasteiger partial charge in [-0.25, -0.2) is 0 Å². The van der Waals surface area contributed by atoms with Crippen molar-refractivity contribution in [2.75, 3.05) is 20.7 Å². The van der Waals surface area contributed by atoms with Crippen LogP contribution in [0.2, 0.25) is 5.02 Å². The van der Waals surface area contributed by atoms with Crippen molar-refractivity contribution in [3.63, 3.8) is 0 Å². The minimum Gasteiger partial charge on any atom is -0.496 e. The van der Waals surface area contributed by atoms with Crippen LogP contribution in [-0.4, -0.2) is 26.5 Å². The summed E-state index contributed by atoms with van der Waals surface area (Å²) < 4.78 is 5.20. The van der Waals surface area contributed by atoms with Gasteiger partial charge in [-0.1, -0.05) is 11.6 Å². The monoisotopic (exact) mass is 255 g/mol. The summed E-state index contributed by atoms with van der Waals surface area (Å²) in [6, 6.07) is 5.34. The maximum absolute atomic E-state index is 11.7. The fourth-order valence-electron chi connectivity index (χ4n) is 1.65. The predicted molar refractivity (Wildman–Crippen MR) is 69.9 cm³/mol. The number of carbonyl (C=O) groups is 1. The van der Waals surface area contributed by atoms with E-state index in [0.29, 0.717) is 17.9 Å². The second-order valence-corrected chi connectivity index (χ2v) is 4.32. The van der Waals surface area contributed by atoms with Gasteiger partial charge in [-0.3, -0.25) is 4.79 Å². The molecule has 0 unspecified atom stereocenters. The van der Waals surface area contributed by atoms with Gasteiger partial charge in [-0.15, -0.1) is 0 Å². The highest BCUT2D eigenvalue weighted by Gasteiger charge is 2.09. The van der Waals surface area contributed by atoms with Crippen molar-refractivity contribution in [3.8, 4) is 5.75 Å². The topological polar surface area (TPSA) is 38.3 Å². The van der Waals surface area contributed by atoms with Crippen LogP contribution in [0.1, 0.15) is 18.4 Å². The number of halogens is 1. The summed E-state index contributed by atoms with van der Waals surface area (Å²) in [5, 5.41) is 3.65. The molecule has 94 valence electrons. The van der Waals surface area contributed by atoms with Crippen LogP contribution in [0.5, 0.6) is 5.75 Å². The highest BCUT2D eigenvalue weighted by molar-refractivity contribution is 6.30. The minimum atomic E-state index is 0.209. The highest BCUT2D eigenvalue weighted by Crippen LogP contribution is 2.23. The Bertz CT molecular complexity index is 380. The first kappa shape index (κ1) is 14.0. The first-order valence-electron chi connectivity index (χ1n) is 5.66. The molecule has 0 aliphatic heterocycles. The van der Waals surface area contributed by atoms with E-state index in [1.54, 1.807) is 25.3 Å². The summed E-state index contributed by atoms with van der Waals surface area (Å²) in [5.41, 5.74) is 0.856. The van der Waals surface area contributed by atoms with Gasteiger partial charge in [-0.05, 0) is 38.2 Å². The molecule has 0 aliphatic carbocycles. The molecule has 0 atom stereocenters. The van der Waals surface area contributed by atoms with Gasteiger partial charge in [0, 0.05) is 23.4 Å². The number of methoxy groups -OCH3 is 1. The SMILES string of the molecule is CNCCCC(=O)Cc1cc(Cl)ccc1OC. The third-order valence-electron chi connectivity index (χ3n) is 2.51. The van der Waals surface area contributed by atoms with Gasteiger partial charge in [0.25, 0.3) is 0 Å². The molecular formula is C13H18ClNO2. The molecule has 4 heteroatoms. The number of hydrogen-bond donors (Lipinski definition) is 1.